The highest BCUT2D eigenvalue weighted by Gasteiger charge is 2.40. The van der Waals surface area contributed by atoms with Gasteiger partial charge in [0.1, 0.15) is 0 Å². The SMILES string of the molecule is O=C1C[C@@H](Cc2ccccc2)C(=O)N1c1nc2ccccc2s1. The maximum Gasteiger partial charge on any atom is 0.239 e. The first-order valence-electron chi connectivity index (χ1n) is 7.48. The summed E-state index contributed by atoms with van der Waals surface area (Å²) in [6.07, 6.45) is 0.844. The van der Waals surface area contributed by atoms with E-state index in [2.05, 4.69) is 4.98 Å². The first-order valence-corrected chi connectivity index (χ1v) is 8.30. The summed E-state index contributed by atoms with van der Waals surface area (Å²) in [5.41, 5.74) is 1.89. The van der Waals surface area contributed by atoms with Crippen molar-refractivity contribution < 1.29 is 9.59 Å². The van der Waals surface area contributed by atoms with Crippen molar-refractivity contribution in [1.29, 1.82) is 0 Å². The van der Waals surface area contributed by atoms with Gasteiger partial charge in [0.25, 0.3) is 0 Å². The fourth-order valence-corrected chi connectivity index (χ4v) is 3.90. The van der Waals surface area contributed by atoms with Gasteiger partial charge in [-0.05, 0) is 24.1 Å². The van der Waals surface area contributed by atoms with Crippen LogP contribution < -0.4 is 4.90 Å². The number of benzene rings is 2. The Hall–Kier alpha value is -2.53. The first-order chi connectivity index (χ1) is 11.2. The predicted molar refractivity (Wildman–Crippen MR) is 90.4 cm³/mol. The van der Waals surface area contributed by atoms with Crippen LogP contribution in [0.15, 0.2) is 54.6 Å². The van der Waals surface area contributed by atoms with Gasteiger partial charge in [-0.1, -0.05) is 53.8 Å². The van der Waals surface area contributed by atoms with Crippen molar-refractivity contribution >= 4 is 38.5 Å². The number of amides is 2. The van der Waals surface area contributed by atoms with Crippen LogP contribution in [0.4, 0.5) is 5.13 Å². The molecule has 0 aliphatic carbocycles. The Morgan fingerprint density at radius 2 is 1.78 bits per heavy atom. The highest BCUT2D eigenvalue weighted by atomic mass is 32.1. The van der Waals surface area contributed by atoms with E-state index < -0.39 is 0 Å². The van der Waals surface area contributed by atoms with E-state index in [1.807, 2.05) is 54.6 Å². The van der Waals surface area contributed by atoms with E-state index in [-0.39, 0.29) is 24.2 Å². The van der Waals surface area contributed by atoms with E-state index in [9.17, 15) is 9.59 Å². The van der Waals surface area contributed by atoms with Gasteiger partial charge in [0.05, 0.1) is 16.1 Å². The Labute approximate surface area is 137 Å². The monoisotopic (exact) mass is 322 g/mol. The third kappa shape index (κ3) is 2.53. The minimum atomic E-state index is -0.295. The maximum absolute atomic E-state index is 12.7. The number of anilines is 1. The lowest BCUT2D eigenvalue weighted by Gasteiger charge is -2.11. The third-order valence-corrected chi connectivity index (χ3v) is 5.06. The van der Waals surface area contributed by atoms with E-state index in [1.54, 1.807) is 0 Å². The smallest absolute Gasteiger partial charge is 0.239 e. The van der Waals surface area contributed by atoms with Crippen molar-refractivity contribution in [2.24, 2.45) is 5.92 Å². The van der Waals surface area contributed by atoms with Crippen molar-refractivity contribution in [2.75, 3.05) is 4.90 Å². The molecule has 0 bridgehead atoms. The van der Waals surface area contributed by atoms with Crippen molar-refractivity contribution in [2.45, 2.75) is 12.8 Å². The van der Waals surface area contributed by atoms with Gasteiger partial charge in [-0.3, -0.25) is 9.59 Å². The minimum Gasteiger partial charge on any atom is -0.274 e. The Morgan fingerprint density at radius 1 is 1.04 bits per heavy atom. The first kappa shape index (κ1) is 14.1. The number of rotatable bonds is 3. The average molecular weight is 322 g/mol. The molecule has 0 radical (unpaired) electrons. The molecule has 1 aliphatic heterocycles. The van der Waals surface area contributed by atoms with Crippen molar-refractivity contribution in [3.8, 4) is 0 Å². The van der Waals surface area contributed by atoms with Gasteiger partial charge in [-0.15, -0.1) is 0 Å². The molecule has 3 aromatic rings. The quantitative estimate of drug-likeness (QED) is 0.694. The zero-order valence-electron chi connectivity index (χ0n) is 12.3. The highest BCUT2D eigenvalue weighted by molar-refractivity contribution is 7.22. The summed E-state index contributed by atoms with van der Waals surface area (Å²) < 4.78 is 0.981. The summed E-state index contributed by atoms with van der Waals surface area (Å²) in [6.45, 7) is 0. The standard InChI is InChI=1S/C18H14N2O2S/c21-16-11-13(10-12-6-2-1-3-7-12)17(22)20(16)18-19-14-8-4-5-9-15(14)23-18/h1-9,13H,10-11H2/t13-/m1/s1. The summed E-state index contributed by atoms with van der Waals surface area (Å²) in [7, 11) is 0. The highest BCUT2D eigenvalue weighted by Crippen LogP contribution is 2.34. The van der Waals surface area contributed by atoms with Gasteiger partial charge >= 0.3 is 0 Å². The lowest BCUT2D eigenvalue weighted by Crippen LogP contribution is -2.30. The maximum atomic E-state index is 12.7. The summed E-state index contributed by atoms with van der Waals surface area (Å²) in [5, 5.41) is 0.483. The van der Waals surface area contributed by atoms with Crippen LogP contribution in [0.1, 0.15) is 12.0 Å². The fourth-order valence-electron chi connectivity index (χ4n) is 2.91. The molecule has 114 valence electrons. The molecule has 4 nitrogen and oxygen atoms in total. The van der Waals surface area contributed by atoms with Crippen LogP contribution in [-0.2, 0) is 16.0 Å². The van der Waals surface area contributed by atoms with Crippen LogP contribution in [0, 0.1) is 5.92 Å². The summed E-state index contributed by atoms with van der Waals surface area (Å²) in [4.78, 5) is 30.7. The molecule has 1 saturated heterocycles. The van der Waals surface area contributed by atoms with E-state index in [0.29, 0.717) is 11.6 Å². The van der Waals surface area contributed by atoms with E-state index in [0.717, 1.165) is 15.8 Å². The Balaban J connectivity index is 1.62. The third-order valence-electron chi connectivity index (χ3n) is 4.04. The van der Waals surface area contributed by atoms with Crippen molar-refractivity contribution in [3.05, 3.63) is 60.2 Å². The number of carbonyl (C=O) groups is 2. The number of hydrogen-bond donors (Lipinski definition) is 0. The van der Waals surface area contributed by atoms with Gasteiger partial charge in [-0.2, -0.15) is 0 Å². The number of hydrogen-bond acceptors (Lipinski definition) is 4. The average Bonchev–Trinajstić information content (AvgIpc) is 3.09. The predicted octanol–water partition coefficient (Wildman–Crippen LogP) is 3.42. The fraction of sp³-hybridized carbons (Fsp3) is 0.167. The second-order valence-electron chi connectivity index (χ2n) is 5.62. The number of fused-ring (bicyclic) bond motifs is 1. The number of imide groups is 1. The molecule has 1 aromatic heterocycles. The van der Waals surface area contributed by atoms with Crippen molar-refractivity contribution in [1.82, 2.24) is 4.98 Å². The minimum absolute atomic E-state index is 0.141. The molecular weight excluding hydrogens is 308 g/mol. The summed E-state index contributed by atoms with van der Waals surface area (Å²) >= 11 is 1.38. The molecule has 2 amide bonds. The molecule has 5 heteroatoms. The van der Waals surface area contributed by atoms with Crippen LogP contribution >= 0.6 is 11.3 Å². The Bertz CT molecular complexity index is 855. The molecule has 1 aliphatic rings. The molecule has 2 aromatic carbocycles. The van der Waals surface area contributed by atoms with Gasteiger partial charge in [0.15, 0.2) is 5.13 Å². The zero-order chi connectivity index (χ0) is 15.8. The molecule has 0 saturated carbocycles. The van der Waals surface area contributed by atoms with Crippen LogP contribution in [0.3, 0.4) is 0 Å². The lowest BCUT2D eigenvalue weighted by molar-refractivity contribution is -0.122. The number of carbonyl (C=O) groups excluding carboxylic acids is 2. The number of para-hydroxylation sites is 1. The molecule has 1 atom stereocenters. The van der Waals surface area contributed by atoms with E-state index in [1.165, 1.54) is 16.2 Å². The number of nitrogens with zero attached hydrogens (tertiary/aromatic N) is 2. The molecule has 0 unspecified atom stereocenters. The van der Waals surface area contributed by atoms with Gasteiger partial charge in [0.2, 0.25) is 11.8 Å². The lowest BCUT2D eigenvalue weighted by atomic mass is 9.98. The molecule has 4 rings (SSSR count). The van der Waals surface area contributed by atoms with Gasteiger partial charge < -0.3 is 0 Å². The molecule has 0 N–H and O–H groups in total. The molecule has 2 heterocycles. The Kier molecular flexibility index (Phi) is 3.42. The molecular formula is C18H14N2O2S. The summed E-state index contributed by atoms with van der Waals surface area (Å²) in [6, 6.07) is 17.5. The second-order valence-corrected chi connectivity index (χ2v) is 6.63. The van der Waals surface area contributed by atoms with Crippen LogP contribution in [0.2, 0.25) is 0 Å². The van der Waals surface area contributed by atoms with E-state index >= 15 is 0 Å². The van der Waals surface area contributed by atoms with Gasteiger partial charge in [-0.25, -0.2) is 9.88 Å². The van der Waals surface area contributed by atoms with Crippen LogP contribution in [0.5, 0.6) is 0 Å². The van der Waals surface area contributed by atoms with Crippen LogP contribution in [-0.4, -0.2) is 16.8 Å². The van der Waals surface area contributed by atoms with E-state index in [4.69, 9.17) is 0 Å². The topological polar surface area (TPSA) is 50.3 Å². The molecule has 0 spiro atoms. The normalized spacial score (nSPS) is 18.1. The molecule has 23 heavy (non-hydrogen) atoms. The summed E-state index contributed by atoms with van der Waals surface area (Å²) in [5.74, 6) is -0.593. The van der Waals surface area contributed by atoms with Gasteiger partial charge in [0, 0.05) is 6.42 Å². The van der Waals surface area contributed by atoms with Crippen molar-refractivity contribution in [3.63, 3.8) is 0 Å². The molecule has 1 fully saturated rings. The van der Waals surface area contributed by atoms with Crippen LogP contribution in [0.25, 0.3) is 10.2 Å². The number of aromatic nitrogens is 1. The zero-order valence-corrected chi connectivity index (χ0v) is 13.1. The largest absolute Gasteiger partial charge is 0.274 e. The number of thiazole rings is 1. The second kappa shape index (κ2) is 5.59. The Morgan fingerprint density at radius 3 is 2.57 bits per heavy atom.